The third-order valence-corrected chi connectivity index (χ3v) is 5.98. The molecule has 0 amide bonds. The minimum atomic E-state index is -0.400. The van der Waals surface area contributed by atoms with Crippen LogP contribution in [0.2, 0.25) is 5.02 Å². The van der Waals surface area contributed by atoms with Gasteiger partial charge in [0.2, 0.25) is 0 Å². The van der Waals surface area contributed by atoms with Crippen molar-refractivity contribution in [3.05, 3.63) is 61.5 Å². The van der Waals surface area contributed by atoms with E-state index in [4.69, 9.17) is 17.3 Å². The summed E-state index contributed by atoms with van der Waals surface area (Å²) < 4.78 is 18.2. The Hall–Kier alpha value is -2.29. The van der Waals surface area contributed by atoms with E-state index in [0.29, 0.717) is 28.2 Å². The summed E-state index contributed by atoms with van der Waals surface area (Å²) in [6.07, 6.45) is 1.87. The van der Waals surface area contributed by atoms with Crippen LogP contribution in [0.5, 0.6) is 0 Å². The lowest BCUT2D eigenvalue weighted by molar-refractivity contribution is 0.498. The van der Waals surface area contributed by atoms with Crippen LogP contribution in [0.1, 0.15) is 18.4 Å². The van der Waals surface area contributed by atoms with E-state index in [1.54, 1.807) is 7.05 Å². The maximum Gasteiger partial charge on any atom is 0.331 e. The summed E-state index contributed by atoms with van der Waals surface area (Å²) in [7, 11) is 3.09. The lowest BCUT2D eigenvalue weighted by atomic mass is 10.1. The van der Waals surface area contributed by atoms with E-state index in [2.05, 4.69) is 4.90 Å². The zero-order valence-corrected chi connectivity index (χ0v) is 18.3. The van der Waals surface area contributed by atoms with E-state index in [1.807, 2.05) is 10.6 Å². The number of aryl methyl sites for hydroxylation is 1. The number of anilines is 1. The van der Waals surface area contributed by atoms with Crippen molar-refractivity contribution in [2.24, 2.45) is 19.8 Å². The fraction of sp³-hybridized carbons (Fsp3) is 0.400. The standard InChI is InChI=1S/C20H23ClFN5O2.ClH/c1-24-16-9-17(26-7-3-4-14(23)11-26)27(18(16)19(28)25(2)20(24)29)10-12-8-13(22)5-6-15(12)21;/h5-6,8-9,14H,3-4,7,10-11,23H2,1-2H3;1H/t14-;/m1./s1. The highest BCUT2D eigenvalue weighted by Crippen LogP contribution is 2.29. The van der Waals surface area contributed by atoms with Crippen LogP contribution in [0.4, 0.5) is 10.2 Å². The number of benzene rings is 1. The van der Waals surface area contributed by atoms with Crippen molar-refractivity contribution >= 4 is 40.9 Å². The van der Waals surface area contributed by atoms with Gasteiger partial charge in [0.15, 0.2) is 0 Å². The first kappa shape index (κ1) is 22.4. The first-order valence-corrected chi connectivity index (χ1v) is 9.89. The number of hydrogen-bond acceptors (Lipinski definition) is 4. The van der Waals surface area contributed by atoms with Crippen LogP contribution >= 0.6 is 24.0 Å². The molecule has 3 aromatic rings. The summed E-state index contributed by atoms with van der Waals surface area (Å²) >= 11 is 6.30. The molecule has 1 fully saturated rings. The van der Waals surface area contributed by atoms with E-state index < -0.39 is 17.1 Å². The van der Waals surface area contributed by atoms with Crippen molar-refractivity contribution in [1.29, 1.82) is 0 Å². The number of fused-ring (bicyclic) bond motifs is 1. The van der Waals surface area contributed by atoms with E-state index in [1.165, 1.54) is 29.8 Å². The summed E-state index contributed by atoms with van der Waals surface area (Å²) in [5.74, 6) is 0.372. The third-order valence-electron chi connectivity index (χ3n) is 5.62. The van der Waals surface area contributed by atoms with Crippen LogP contribution in [0.25, 0.3) is 11.0 Å². The third kappa shape index (κ3) is 3.75. The molecular weight excluding hydrogens is 432 g/mol. The Labute approximate surface area is 183 Å². The van der Waals surface area contributed by atoms with Crippen LogP contribution < -0.4 is 21.9 Å². The monoisotopic (exact) mass is 455 g/mol. The van der Waals surface area contributed by atoms with Crippen LogP contribution in [-0.4, -0.2) is 32.8 Å². The molecular formula is C20H24Cl2FN5O2. The highest BCUT2D eigenvalue weighted by atomic mass is 35.5. The molecule has 0 bridgehead atoms. The number of nitrogens with two attached hydrogens (primary N) is 1. The molecule has 3 heterocycles. The molecule has 1 atom stereocenters. The minimum Gasteiger partial charge on any atom is -0.356 e. The van der Waals surface area contributed by atoms with Gasteiger partial charge in [-0.3, -0.25) is 13.9 Å². The highest BCUT2D eigenvalue weighted by molar-refractivity contribution is 6.31. The fourth-order valence-electron chi connectivity index (χ4n) is 4.05. The molecule has 1 aliphatic heterocycles. The van der Waals surface area contributed by atoms with Gasteiger partial charge >= 0.3 is 5.69 Å². The van der Waals surface area contributed by atoms with Gasteiger partial charge in [0.25, 0.3) is 5.56 Å². The molecule has 0 aliphatic carbocycles. The molecule has 0 unspecified atom stereocenters. The molecule has 0 spiro atoms. The molecule has 1 saturated heterocycles. The largest absolute Gasteiger partial charge is 0.356 e. The van der Waals surface area contributed by atoms with Crippen molar-refractivity contribution in [2.75, 3.05) is 18.0 Å². The SMILES string of the molecule is Cl.Cn1c(=O)c2c(cc(N3CCC[C@@H](N)C3)n2Cc2cc(F)ccc2Cl)n(C)c1=O. The lowest BCUT2D eigenvalue weighted by Gasteiger charge is -2.33. The lowest BCUT2D eigenvalue weighted by Crippen LogP contribution is -2.43. The molecule has 2 aromatic heterocycles. The molecule has 0 saturated carbocycles. The number of nitrogens with zero attached hydrogens (tertiary/aromatic N) is 4. The topological polar surface area (TPSA) is 78.2 Å². The second-order valence-corrected chi connectivity index (χ2v) is 8.02. The first-order chi connectivity index (χ1) is 13.8. The molecule has 4 rings (SSSR count). The fourth-order valence-corrected chi connectivity index (χ4v) is 4.23. The molecule has 7 nitrogen and oxygen atoms in total. The Morgan fingerprint density at radius 2 is 1.93 bits per heavy atom. The van der Waals surface area contributed by atoms with Crippen molar-refractivity contribution in [3.8, 4) is 0 Å². The van der Waals surface area contributed by atoms with Crippen LogP contribution in [0.15, 0.2) is 33.9 Å². The number of rotatable bonds is 3. The van der Waals surface area contributed by atoms with Crippen molar-refractivity contribution < 1.29 is 4.39 Å². The van der Waals surface area contributed by atoms with Gasteiger partial charge < -0.3 is 15.2 Å². The van der Waals surface area contributed by atoms with Gasteiger partial charge in [0.1, 0.15) is 17.2 Å². The number of halogens is 3. The van der Waals surface area contributed by atoms with Gasteiger partial charge in [0.05, 0.1) is 12.1 Å². The van der Waals surface area contributed by atoms with Gasteiger partial charge in [-0.25, -0.2) is 9.18 Å². The van der Waals surface area contributed by atoms with Crippen molar-refractivity contribution in [2.45, 2.75) is 25.4 Å². The Balaban J connectivity index is 0.00000256. The Bertz CT molecular complexity index is 1220. The predicted octanol–water partition coefficient (Wildman–Crippen LogP) is 2.23. The molecule has 1 aliphatic rings. The molecule has 162 valence electrons. The maximum absolute atomic E-state index is 13.9. The number of aromatic nitrogens is 3. The van der Waals surface area contributed by atoms with Gasteiger partial charge in [-0.15, -0.1) is 12.4 Å². The molecule has 30 heavy (non-hydrogen) atoms. The number of hydrogen-bond donors (Lipinski definition) is 1. The van der Waals surface area contributed by atoms with E-state index in [9.17, 15) is 14.0 Å². The van der Waals surface area contributed by atoms with Crippen molar-refractivity contribution in [1.82, 2.24) is 13.7 Å². The van der Waals surface area contributed by atoms with Crippen LogP contribution in [0, 0.1) is 5.82 Å². The van der Waals surface area contributed by atoms with Crippen molar-refractivity contribution in [3.63, 3.8) is 0 Å². The first-order valence-electron chi connectivity index (χ1n) is 9.51. The van der Waals surface area contributed by atoms with Gasteiger partial charge in [-0.2, -0.15) is 0 Å². The van der Waals surface area contributed by atoms with Crippen LogP contribution in [-0.2, 0) is 20.6 Å². The average molecular weight is 456 g/mol. The van der Waals surface area contributed by atoms with Gasteiger partial charge in [-0.05, 0) is 36.6 Å². The second kappa shape index (κ2) is 8.45. The summed E-state index contributed by atoms with van der Waals surface area (Å²) in [5, 5.41) is 0.413. The zero-order valence-electron chi connectivity index (χ0n) is 16.8. The summed E-state index contributed by atoms with van der Waals surface area (Å²) in [6.45, 7) is 1.63. The molecule has 0 radical (unpaired) electrons. The van der Waals surface area contributed by atoms with E-state index in [0.717, 1.165) is 29.8 Å². The maximum atomic E-state index is 13.9. The summed E-state index contributed by atoms with van der Waals surface area (Å²) in [6, 6.07) is 6.03. The average Bonchev–Trinajstić information content (AvgIpc) is 3.07. The highest BCUT2D eigenvalue weighted by Gasteiger charge is 2.24. The minimum absolute atomic E-state index is 0. The second-order valence-electron chi connectivity index (χ2n) is 7.61. The molecule has 2 N–H and O–H groups in total. The Kier molecular flexibility index (Phi) is 6.31. The van der Waals surface area contributed by atoms with Gasteiger partial charge in [-0.1, -0.05) is 11.6 Å². The molecule has 10 heteroatoms. The van der Waals surface area contributed by atoms with Gasteiger partial charge in [0, 0.05) is 44.3 Å². The molecule has 1 aromatic carbocycles. The zero-order chi connectivity index (χ0) is 20.9. The van der Waals surface area contributed by atoms with Crippen LogP contribution in [0.3, 0.4) is 0 Å². The Morgan fingerprint density at radius 1 is 1.20 bits per heavy atom. The number of piperidine rings is 1. The quantitative estimate of drug-likeness (QED) is 0.656. The smallest absolute Gasteiger partial charge is 0.331 e. The van der Waals surface area contributed by atoms with E-state index in [-0.39, 0.29) is 25.0 Å². The summed E-state index contributed by atoms with van der Waals surface area (Å²) in [4.78, 5) is 27.5. The predicted molar refractivity (Wildman–Crippen MR) is 120 cm³/mol. The normalized spacial score (nSPS) is 16.7. The summed E-state index contributed by atoms with van der Waals surface area (Å²) in [5.41, 5.74) is 6.84. The van der Waals surface area contributed by atoms with E-state index >= 15 is 0 Å². The Morgan fingerprint density at radius 3 is 2.63 bits per heavy atom.